The Kier molecular flexibility index (Phi) is 4.37. The summed E-state index contributed by atoms with van der Waals surface area (Å²) < 4.78 is 0. The number of nitro benzene ring substituents is 1. The topological polar surface area (TPSA) is 58.4 Å². The lowest BCUT2D eigenvalue weighted by Crippen LogP contribution is -2.37. The smallest absolute Gasteiger partial charge is 0.292 e. The van der Waals surface area contributed by atoms with Gasteiger partial charge in [-0.3, -0.25) is 10.1 Å². The summed E-state index contributed by atoms with van der Waals surface area (Å²) in [6.45, 7) is 4.78. The van der Waals surface area contributed by atoms with Crippen LogP contribution in [0.5, 0.6) is 0 Å². The lowest BCUT2D eigenvalue weighted by atomic mass is 9.95. The Bertz CT molecular complexity index is 454. The fourth-order valence-corrected chi connectivity index (χ4v) is 2.85. The Hall–Kier alpha value is -1.62. The van der Waals surface area contributed by atoms with Gasteiger partial charge in [0.15, 0.2) is 0 Å². The molecular weight excluding hydrogens is 242 g/mol. The zero-order chi connectivity index (χ0) is 13.8. The average Bonchev–Trinajstić information content (AvgIpc) is 2.40. The molecule has 2 rings (SSSR count). The number of benzene rings is 1. The number of rotatable bonds is 4. The number of anilines is 1. The second-order valence-electron chi connectivity index (χ2n) is 5.19. The van der Waals surface area contributed by atoms with Gasteiger partial charge in [0, 0.05) is 19.2 Å². The average molecular weight is 263 g/mol. The first-order valence-corrected chi connectivity index (χ1v) is 6.77. The minimum Gasteiger partial charge on any atom is -0.366 e. The highest BCUT2D eigenvalue weighted by atomic mass is 16.6. The molecule has 0 radical (unpaired) electrons. The fourth-order valence-electron chi connectivity index (χ4n) is 2.85. The van der Waals surface area contributed by atoms with E-state index in [1.165, 1.54) is 0 Å². The second kappa shape index (κ2) is 6.02. The number of nitrogens with one attached hydrogen (secondary N) is 1. The molecule has 1 saturated heterocycles. The molecule has 1 aliphatic rings. The van der Waals surface area contributed by atoms with Gasteiger partial charge in [0.1, 0.15) is 5.69 Å². The highest BCUT2D eigenvalue weighted by molar-refractivity contribution is 5.67. The van der Waals surface area contributed by atoms with E-state index in [1.54, 1.807) is 12.1 Å². The minimum absolute atomic E-state index is 0.229. The molecule has 1 aromatic rings. The van der Waals surface area contributed by atoms with Crippen LogP contribution < -0.4 is 10.2 Å². The number of aryl methyl sites for hydroxylation is 1. The van der Waals surface area contributed by atoms with Crippen molar-refractivity contribution in [1.29, 1.82) is 0 Å². The van der Waals surface area contributed by atoms with Gasteiger partial charge in [-0.25, -0.2) is 0 Å². The molecule has 0 bridgehead atoms. The monoisotopic (exact) mass is 263 g/mol. The molecule has 1 heterocycles. The summed E-state index contributed by atoms with van der Waals surface area (Å²) in [5.74, 6) is 0.685. The van der Waals surface area contributed by atoms with Crippen molar-refractivity contribution >= 4 is 11.4 Å². The minimum atomic E-state index is -0.276. The first-order valence-electron chi connectivity index (χ1n) is 6.77. The van der Waals surface area contributed by atoms with Gasteiger partial charge in [-0.15, -0.1) is 0 Å². The maximum Gasteiger partial charge on any atom is 0.292 e. The van der Waals surface area contributed by atoms with Crippen LogP contribution in [-0.4, -0.2) is 31.6 Å². The molecule has 19 heavy (non-hydrogen) atoms. The maximum atomic E-state index is 11.2. The quantitative estimate of drug-likeness (QED) is 0.669. The van der Waals surface area contributed by atoms with Crippen molar-refractivity contribution in [2.75, 3.05) is 31.6 Å². The molecule has 0 atom stereocenters. The molecule has 5 heteroatoms. The number of nitrogens with zero attached hydrogens (tertiary/aromatic N) is 2. The van der Waals surface area contributed by atoms with E-state index in [0.29, 0.717) is 5.92 Å². The van der Waals surface area contributed by atoms with Crippen LogP contribution in [0, 0.1) is 23.0 Å². The van der Waals surface area contributed by atoms with E-state index < -0.39 is 0 Å². The number of hydrogen-bond donors (Lipinski definition) is 1. The Labute approximate surface area is 113 Å². The third-order valence-electron chi connectivity index (χ3n) is 3.84. The van der Waals surface area contributed by atoms with Crippen molar-refractivity contribution in [2.45, 2.75) is 19.8 Å². The number of para-hydroxylation sites is 1. The third kappa shape index (κ3) is 3.04. The van der Waals surface area contributed by atoms with Gasteiger partial charge in [0.2, 0.25) is 0 Å². The standard InChI is InChI=1S/C14H21N3O2/c1-11-4-3-5-13(17(18)19)14(11)16-8-6-12(7-9-16)10-15-2/h3-5,12,15H,6-10H2,1-2H3. The van der Waals surface area contributed by atoms with Crippen molar-refractivity contribution in [2.24, 2.45) is 5.92 Å². The highest BCUT2D eigenvalue weighted by Gasteiger charge is 2.25. The van der Waals surface area contributed by atoms with Crippen LogP contribution in [0.15, 0.2) is 18.2 Å². The molecule has 0 aromatic heterocycles. The molecule has 0 unspecified atom stereocenters. The van der Waals surface area contributed by atoms with E-state index in [4.69, 9.17) is 0 Å². The molecule has 1 fully saturated rings. The van der Waals surface area contributed by atoms with Gasteiger partial charge in [-0.1, -0.05) is 12.1 Å². The van der Waals surface area contributed by atoms with E-state index in [0.717, 1.165) is 43.7 Å². The van der Waals surface area contributed by atoms with Crippen LogP contribution in [0.1, 0.15) is 18.4 Å². The van der Waals surface area contributed by atoms with Crippen molar-refractivity contribution in [3.63, 3.8) is 0 Å². The summed E-state index contributed by atoms with van der Waals surface area (Å²) in [6, 6.07) is 5.30. The lowest BCUT2D eigenvalue weighted by molar-refractivity contribution is -0.384. The number of hydrogen-bond acceptors (Lipinski definition) is 4. The van der Waals surface area contributed by atoms with E-state index in [2.05, 4.69) is 10.2 Å². The van der Waals surface area contributed by atoms with Crippen LogP contribution in [0.3, 0.4) is 0 Å². The molecule has 1 N–H and O–H groups in total. The molecule has 5 nitrogen and oxygen atoms in total. The second-order valence-corrected chi connectivity index (χ2v) is 5.19. The Morgan fingerprint density at radius 2 is 2.11 bits per heavy atom. The molecule has 0 saturated carbocycles. The molecule has 104 valence electrons. The van der Waals surface area contributed by atoms with Crippen molar-refractivity contribution in [3.05, 3.63) is 33.9 Å². The maximum absolute atomic E-state index is 11.2. The Morgan fingerprint density at radius 3 is 2.68 bits per heavy atom. The zero-order valence-electron chi connectivity index (χ0n) is 11.6. The van der Waals surface area contributed by atoms with Gasteiger partial charge < -0.3 is 10.2 Å². The van der Waals surface area contributed by atoms with E-state index in [1.807, 2.05) is 20.0 Å². The molecule has 1 aromatic carbocycles. The SMILES string of the molecule is CNCC1CCN(c2c(C)cccc2[N+](=O)[O-])CC1. The highest BCUT2D eigenvalue weighted by Crippen LogP contribution is 2.34. The largest absolute Gasteiger partial charge is 0.366 e. The number of nitro groups is 1. The summed E-state index contributed by atoms with van der Waals surface area (Å²) in [7, 11) is 1.97. The van der Waals surface area contributed by atoms with Gasteiger partial charge in [-0.05, 0) is 44.8 Å². The summed E-state index contributed by atoms with van der Waals surface area (Å²) in [6.07, 6.45) is 2.18. The Morgan fingerprint density at radius 1 is 1.42 bits per heavy atom. The normalized spacial score (nSPS) is 16.6. The Balaban J connectivity index is 2.17. The zero-order valence-corrected chi connectivity index (χ0v) is 11.6. The molecule has 0 aliphatic carbocycles. The fraction of sp³-hybridized carbons (Fsp3) is 0.571. The first-order chi connectivity index (χ1) is 9.13. The van der Waals surface area contributed by atoms with Crippen LogP contribution in [0.2, 0.25) is 0 Å². The van der Waals surface area contributed by atoms with Crippen molar-refractivity contribution in [3.8, 4) is 0 Å². The third-order valence-corrected chi connectivity index (χ3v) is 3.84. The first kappa shape index (κ1) is 13.8. The van der Waals surface area contributed by atoms with Crippen molar-refractivity contribution < 1.29 is 4.92 Å². The van der Waals surface area contributed by atoms with Crippen molar-refractivity contribution in [1.82, 2.24) is 5.32 Å². The van der Waals surface area contributed by atoms with E-state index in [-0.39, 0.29) is 10.6 Å². The number of piperidine rings is 1. The van der Waals surface area contributed by atoms with Crippen LogP contribution in [0.4, 0.5) is 11.4 Å². The molecule has 1 aliphatic heterocycles. The van der Waals surface area contributed by atoms with Crippen LogP contribution in [0.25, 0.3) is 0 Å². The molecule has 0 amide bonds. The summed E-state index contributed by atoms with van der Waals surface area (Å²) in [5.41, 5.74) is 2.02. The predicted octanol–water partition coefficient (Wildman–Crippen LogP) is 2.34. The summed E-state index contributed by atoms with van der Waals surface area (Å²) in [4.78, 5) is 13.0. The molecular formula is C14H21N3O2. The van der Waals surface area contributed by atoms with E-state index in [9.17, 15) is 10.1 Å². The van der Waals surface area contributed by atoms with Gasteiger partial charge >= 0.3 is 0 Å². The van der Waals surface area contributed by atoms with E-state index >= 15 is 0 Å². The predicted molar refractivity (Wildman–Crippen MR) is 76.7 cm³/mol. The molecule has 0 spiro atoms. The summed E-state index contributed by atoms with van der Waals surface area (Å²) in [5, 5.41) is 14.4. The summed E-state index contributed by atoms with van der Waals surface area (Å²) >= 11 is 0. The van der Waals surface area contributed by atoms with Crippen LogP contribution in [-0.2, 0) is 0 Å². The lowest BCUT2D eigenvalue weighted by Gasteiger charge is -2.34. The van der Waals surface area contributed by atoms with Crippen LogP contribution >= 0.6 is 0 Å². The van der Waals surface area contributed by atoms with Gasteiger partial charge in [0.05, 0.1) is 4.92 Å². The van der Waals surface area contributed by atoms with Gasteiger partial charge in [0.25, 0.3) is 5.69 Å². The van der Waals surface area contributed by atoms with Gasteiger partial charge in [-0.2, -0.15) is 0 Å².